The highest BCUT2D eigenvalue weighted by Crippen LogP contribution is 2.27. The van der Waals surface area contributed by atoms with Crippen LogP contribution in [0.25, 0.3) is 11.2 Å². The summed E-state index contributed by atoms with van der Waals surface area (Å²) in [4.78, 5) is 15.5. The molecule has 0 unspecified atom stereocenters. The van der Waals surface area contributed by atoms with Crippen LogP contribution in [0, 0.1) is 11.7 Å². The maximum atomic E-state index is 13.4. The Bertz CT molecular complexity index is 1270. The Balaban J connectivity index is 1.24. The van der Waals surface area contributed by atoms with E-state index in [1.807, 2.05) is 16.7 Å². The van der Waals surface area contributed by atoms with E-state index in [2.05, 4.69) is 27.0 Å². The van der Waals surface area contributed by atoms with Crippen molar-refractivity contribution in [3.8, 4) is 11.6 Å². The molecule has 7 nitrogen and oxygen atoms in total. The second-order valence-corrected chi connectivity index (χ2v) is 9.20. The van der Waals surface area contributed by atoms with Crippen LogP contribution >= 0.6 is 0 Å². The lowest BCUT2D eigenvalue weighted by molar-refractivity contribution is 0.184. The summed E-state index contributed by atoms with van der Waals surface area (Å²) < 4.78 is 20.6. The summed E-state index contributed by atoms with van der Waals surface area (Å²) >= 11 is 0. The Kier molecular flexibility index (Phi) is 6.90. The third-order valence-electron chi connectivity index (χ3n) is 6.91. The molecule has 35 heavy (non-hydrogen) atoms. The van der Waals surface area contributed by atoms with Crippen LogP contribution in [0.1, 0.15) is 29.8 Å². The average molecular weight is 476 g/mol. The lowest BCUT2D eigenvalue weighted by Crippen LogP contribution is -2.36. The van der Waals surface area contributed by atoms with Crippen molar-refractivity contribution in [3.63, 3.8) is 0 Å². The van der Waals surface area contributed by atoms with Crippen molar-refractivity contribution >= 4 is 11.2 Å². The van der Waals surface area contributed by atoms with Crippen molar-refractivity contribution in [2.75, 3.05) is 26.7 Å². The number of fused-ring (bicyclic) bond motifs is 1. The minimum Gasteiger partial charge on any atom is -0.497 e. The second kappa shape index (κ2) is 10.4. The van der Waals surface area contributed by atoms with E-state index in [0.29, 0.717) is 23.6 Å². The molecule has 0 atom stereocenters. The molecule has 3 heterocycles. The second-order valence-electron chi connectivity index (χ2n) is 9.20. The third-order valence-corrected chi connectivity index (χ3v) is 6.91. The third kappa shape index (κ3) is 5.43. The number of imidazole rings is 1. The van der Waals surface area contributed by atoms with Gasteiger partial charge in [0.05, 0.1) is 7.11 Å². The number of methoxy groups -OCH3 is 1. The molecule has 182 valence electrons. The van der Waals surface area contributed by atoms with Gasteiger partial charge in [0.2, 0.25) is 5.88 Å². The van der Waals surface area contributed by atoms with Gasteiger partial charge in [-0.25, -0.2) is 14.4 Å². The highest BCUT2D eigenvalue weighted by atomic mass is 19.1. The van der Waals surface area contributed by atoms with Crippen LogP contribution in [0.4, 0.5) is 4.39 Å². The van der Waals surface area contributed by atoms with E-state index in [9.17, 15) is 9.50 Å². The molecule has 0 amide bonds. The summed E-state index contributed by atoms with van der Waals surface area (Å²) in [5, 5.41) is 10.4. The van der Waals surface area contributed by atoms with Crippen LogP contribution in [0.15, 0.2) is 54.9 Å². The first-order chi connectivity index (χ1) is 17.1. The lowest BCUT2D eigenvalue weighted by Gasteiger charge is -2.32. The monoisotopic (exact) mass is 475 g/mol. The van der Waals surface area contributed by atoms with Gasteiger partial charge in [-0.15, -0.1) is 0 Å². The zero-order chi connectivity index (χ0) is 24.2. The Labute approximate surface area is 204 Å². The van der Waals surface area contributed by atoms with Gasteiger partial charge in [-0.05, 0) is 73.7 Å². The number of ether oxygens (including phenoxy) is 1. The highest BCUT2D eigenvalue weighted by Gasteiger charge is 2.23. The molecular weight excluding hydrogens is 445 g/mol. The molecule has 0 radical (unpaired) electrons. The Morgan fingerprint density at radius 2 is 1.71 bits per heavy atom. The van der Waals surface area contributed by atoms with Gasteiger partial charge in [0.25, 0.3) is 0 Å². The number of piperidine rings is 1. The first-order valence-electron chi connectivity index (χ1n) is 12.1. The molecular formula is C27H30FN5O2. The molecule has 0 spiro atoms. The van der Waals surface area contributed by atoms with Crippen LogP contribution in [-0.2, 0) is 19.4 Å². The minimum absolute atomic E-state index is 0.0794. The Hall–Kier alpha value is -3.52. The zero-order valence-corrected chi connectivity index (χ0v) is 19.9. The molecule has 1 saturated heterocycles. The summed E-state index contributed by atoms with van der Waals surface area (Å²) in [6, 6.07) is 14.7. The number of hydrogen-bond acceptors (Lipinski definition) is 6. The lowest BCUT2D eigenvalue weighted by atomic mass is 9.93. The molecule has 4 aromatic rings. The van der Waals surface area contributed by atoms with Gasteiger partial charge in [0.15, 0.2) is 11.2 Å². The normalized spacial score (nSPS) is 15.0. The predicted molar refractivity (Wildman–Crippen MR) is 132 cm³/mol. The van der Waals surface area contributed by atoms with Gasteiger partial charge in [-0.1, -0.05) is 24.3 Å². The summed E-state index contributed by atoms with van der Waals surface area (Å²) in [5.41, 5.74) is 3.28. The number of nitrogens with zero attached hydrogens (tertiary/aromatic N) is 5. The largest absolute Gasteiger partial charge is 0.497 e. The van der Waals surface area contributed by atoms with Gasteiger partial charge in [-0.3, -0.25) is 0 Å². The molecule has 0 aliphatic carbocycles. The van der Waals surface area contributed by atoms with E-state index in [4.69, 9.17) is 9.72 Å². The Morgan fingerprint density at radius 1 is 1.00 bits per heavy atom. The number of hydrogen-bond donors (Lipinski definition) is 1. The number of benzene rings is 2. The zero-order valence-electron chi connectivity index (χ0n) is 19.9. The van der Waals surface area contributed by atoms with Crippen LogP contribution in [0.5, 0.6) is 11.6 Å². The maximum Gasteiger partial charge on any atom is 0.241 e. The van der Waals surface area contributed by atoms with Crippen LogP contribution in [-0.4, -0.2) is 56.3 Å². The number of aromatic nitrogens is 4. The summed E-state index contributed by atoms with van der Waals surface area (Å²) in [6.07, 6.45) is 5.36. The average Bonchev–Trinajstić information content (AvgIpc) is 3.23. The summed E-state index contributed by atoms with van der Waals surface area (Å²) in [6.45, 7) is 3.65. The number of halogens is 1. The topological polar surface area (TPSA) is 76.3 Å². The fraction of sp³-hybridized carbons (Fsp3) is 0.370. The number of likely N-dealkylation sites (tertiary alicyclic amines) is 1. The Morgan fingerprint density at radius 3 is 2.43 bits per heavy atom. The SMILES string of the molecule is COc1ccc(CCN2CCC(Cc3nc4ncnc(O)c4n3Cc3ccc(F)cc3)CC2)cc1. The molecule has 1 aliphatic heterocycles. The van der Waals surface area contributed by atoms with Crippen LogP contribution in [0.2, 0.25) is 0 Å². The van der Waals surface area contributed by atoms with Gasteiger partial charge in [0, 0.05) is 19.5 Å². The molecule has 2 aromatic heterocycles. The summed E-state index contributed by atoms with van der Waals surface area (Å²) in [7, 11) is 1.69. The van der Waals surface area contributed by atoms with Crippen molar-refractivity contribution in [2.24, 2.45) is 5.92 Å². The quantitative estimate of drug-likeness (QED) is 0.411. The van der Waals surface area contributed by atoms with Gasteiger partial charge in [-0.2, -0.15) is 4.98 Å². The van der Waals surface area contributed by atoms with Crippen molar-refractivity contribution in [3.05, 3.63) is 77.6 Å². The van der Waals surface area contributed by atoms with E-state index >= 15 is 0 Å². The molecule has 8 heteroatoms. The number of aromatic hydroxyl groups is 1. The van der Waals surface area contributed by atoms with E-state index in [0.717, 1.165) is 62.5 Å². The standard InChI is InChI=1S/C27H30FN5O2/c1-35-23-8-4-19(5-9-23)10-13-32-14-11-20(12-15-32)16-24-31-26-25(27(34)30-18-29-26)33(24)17-21-2-6-22(28)7-3-21/h2-9,18,20H,10-17H2,1H3,(H,29,30,34). The minimum atomic E-state index is -0.269. The summed E-state index contributed by atoms with van der Waals surface area (Å²) in [5.74, 6) is 1.93. The van der Waals surface area contributed by atoms with E-state index < -0.39 is 0 Å². The van der Waals surface area contributed by atoms with Crippen molar-refractivity contribution < 1.29 is 14.2 Å². The predicted octanol–water partition coefficient (Wildman–Crippen LogP) is 4.23. The molecule has 1 aliphatic rings. The van der Waals surface area contributed by atoms with Crippen molar-refractivity contribution in [1.82, 2.24) is 24.4 Å². The van der Waals surface area contributed by atoms with Crippen molar-refractivity contribution in [2.45, 2.75) is 32.2 Å². The fourth-order valence-corrected chi connectivity index (χ4v) is 4.85. The fourth-order valence-electron chi connectivity index (χ4n) is 4.85. The smallest absolute Gasteiger partial charge is 0.241 e. The van der Waals surface area contributed by atoms with E-state index in [1.165, 1.54) is 24.0 Å². The first-order valence-corrected chi connectivity index (χ1v) is 12.1. The molecule has 0 bridgehead atoms. The number of rotatable bonds is 8. The first kappa shape index (κ1) is 23.2. The van der Waals surface area contributed by atoms with Gasteiger partial charge in [0.1, 0.15) is 23.7 Å². The highest BCUT2D eigenvalue weighted by molar-refractivity contribution is 5.76. The van der Waals surface area contributed by atoms with Crippen molar-refractivity contribution in [1.29, 1.82) is 0 Å². The van der Waals surface area contributed by atoms with Gasteiger partial charge >= 0.3 is 0 Å². The molecule has 2 aromatic carbocycles. The van der Waals surface area contributed by atoms with Crippen LogP contribution in [0.3, 0.4) is 0 Å². The maximum absolute atomic E-state index is 13.4. The molecule has 5 rings (SSSR count). The molecule has 0 saturated carbocycles. The molecule has 1 fully saturated rings. The van der Waals surface area contributed by atoms with Gasteiger partial charge < -0.3 is 19.3 Å². The van der Waals surface area contributed by atoms with E-state index in [-0.39, 0.29) is 11.7 Å². The van der Waals surface area contributed by atoms with E-state index in [1.54, 1.807) is 19.2 Å². The molecule has 1 N–H and O–H groups in total. The van der Waals surface area contributed by atoms with Crippen LogP contribution < -0.4 is 4.74 Å².